The Bertz CT molecular complexity index is 1370. The second-order valence-corrected chi connectivity index (χ2v) is 9.23. The number of fused-ring (bicyclic) bond motifs is 1. The highest BCUT2D eigenvalue weighted by molar-refractivity contribution is 5.93. The number of carbonyl (C=O) groups is 1. The highest BCUT2D eigenvalue weighted by Crippen LogP contribution is 2.34. The molecule has 0 bridgehead atoms. The molecule has 0 radical (unpaired) electrons. The summed E-state index contributed by atoms with van der Waals surface area (Å²) in [7, 11) is 0. The van der Waals surface area contributed by atoms with Crippen molar-refractivity contribution in [1.82, 2.24) is 29.5 Å². The lowest BCUT2D eigenvalue weighted by atomic mass is 10.1. The van der Waals surface area contributed by atoms with Crippen molar-refractivity contribution in [2.45, 2.75) is 65.8 Å². The minimum Gasteiger partial charge on any atom is -0.491 e. The number of Topliss-reactive ketones (excluding diaryl/α,β-unsaturated/α-hetero) is 1. The highest BCUT2D eigenvalue weighted by Gasteiger charge is 2.24. The van der Waals surface area contributed by atoms with Crippen molar-refractivity contribution in [3.8, 4) is 28.5 Å². The van der Waals surface area contributed by atoms with E-state index in [2.05, 4.69) is 10.1 Å². The monoisotopic (exact) mass is 474 g/mol. The van der Waals surface area contributed by atoms with Gasteiger partial charge in [0.2, 0.25) is 0 Å². The molecule has 3 aromatic heterocycles. The van der Waals surface area contributed by atoms with Gasteiger partial charge >= 0.3 is 0 Å². The third-order valence-electron chi connectivity index (χ3n) is 6.10. The molecule has 9 heteroatoms. The summed E-state index contributed by atoms with van der Waals surface area (Å²) < 4.78 is 15.7. The lowest BCUT2D eigenvalue weighted by molar-refractivity contribution is -0.117. The SMILES string of the molecule is CC(=O)Cn1ncc(-c2ccnc(-c3nn(C4CCCCO4)c4ccc(OC(C)C)cc34)n2)c1C. The van der Waals surface area contributed by atoms with Crippen LogP contribution in [0.5, 0.6) is 5.75 Å². The van der Waals surface area contributed by atoms with Crippen molar-refractivity contribution in [3.63, 3.8) is 0 Å². The molecule has 0 N–H and O–H groups in total. The predicted octanol–water partition coefficient (Wildman–Crippen LogP) is 4.74. The lowest BCUT2D eigenvalue weighted by Gasteiger charge is -2.23. The van der Waals surface area contributed by atoms with Gasteiger partial charge in [-0.15, -0.1) is 0 Å². The quantitative estimate of drug-likeness (QED) is 0.382. The zero-order valence-electron chi connectivity index (χ0n) is 20.6. The molecule has 182 valence electrons. The van der Waals surface area contributed by atoms with Crippen molar-refractivity contribution in [2.24, 2.45) is 0 Å². The van der Waals surface area contributed by atoms with Crippen molar-refractivity contribution in [1.29, 1.82) is 0 Å². The molecular formula is C26H30N6O3. The van der Waals surface area contributed by atoms with Crippen LogP contribution in [0, 0.1) is 6.92 Å². The smallest absolute Gasteiger partial charge is 0.181 e. The molecule has 1 aromatic carbocycles. The zero-order chi connectivity index (χ0) is 24.5. The molecule has 1 aliphatic heterocycles. The summed E-state index contributed by atoms with van der Waals surface area (Å²) in [5, 5.41) is 10.2. The Kier molecular flexibility index (Phi) is 6.34. The van der Waals surface area contributed by atoms with Crippen LogP contribution in [0.25, 0.3) is 33.7 Å². The van der Waals surface area contributed by atoms with E-state index in [9.17, 15) is 4.79 Å². The van der Waals surface area contributed by atoms with Crippen LogP contribution in [0.3, 0.4) is 0 Å². The molecule has 4 heterocycles. The standard InChI is InChI=1S/C26H30N6O3/c1-16(2)35-19-8-9-23-20(13-19)25(30-32(23)24-7-5-6-12-34-24)26-27-11-10-22(29-26)21-14-28-31(18(21)4)15-17(3)33/h8-11,13-14,16,24H,5-7,12,15H2,1-4H3. The number of aromatic nitrogens is 6. The summed E-state index contributed by atoms with van der Waals surface area (Å²) in [6.45, 7) is 8.47. The number of hydrogen-bond donors (Lipinski definition) is 0. The fraction of sp³-hybridized carbons (Fsp3) is 0.423. The van der Waals surface area contributed by atoms with Crippen LogP contribution in [0.4, 0.5) is 0 Å². The number of ketones is 1. The Morgan fingerprint density at radius 3 is 2.86 bits per heavy atom. The van der Waals surface area contributed by atoms with E-state index in [1.807, 2.05) is 49.7 Å². The molecule has 0 amide bonds. The van der Waals surface area contributed by atoms with Crippen molar-refractivity contribution in [2.75, 3.05) is 6.61 Å². The predicted molar refractivity (Wildman–Crippen MR) is 132 cm³/mol. The molecule has 1 atom stereocenters. The number of ether oxygens (including phenoxy) is 2. The van der Waals surface area contributed by atoms with Gasteiger partial charge in [-0.05, 0) is 71.2 Å². The third-order valence-corrected chi connectivity index (χ3v) is 6.10. The maximum Gasteiger partial charge on any atom is 0.181 e. The molecular weight excluding hydrogens is 444 g/mol. The van der Waals surface area contributed by atoms with Crippen LogP contribution in [0.1, 0.15) is 52.0 Å². The summed E-state index contributed by atoms with van der Waals surface area (Å²) in [6, 6.07) is 7.85. The molecule has 0 spiro atoms. The van der Waals surface area contributed by atoms with Crippen LogP contribution in [-0.2, 0) is 16.1 Å². The normalized spacial score (nSPS) is 16.2. The van der Waals surface area contributed by atoms with Gasteiger partial charge in [0, 0.05) is 29.4 Å². The largest absolute Gasteiger partial charge is 0.491 e. The first-order valence-electron chi connectivity index (χ1n) is 12.1. The van der Waals surface area contributed by atoms with Crippen LogP contribution in [0.2, 0.25) is 0 Å². The molecule has 35 heavy (non-hydrogen) atoms. The molecule has 1 aliphatic rings. The van der Waals surface area contributed by atoms with Crippen molar-refractivity contribution in [3.05, 3.63) is 42.4 Å². The van der Waals surface area contributed by atoms with Gasteiger partial charge in [0.15, 0.2) is 17.8 Å². The van der Waals surface area contributed by atoms with Crippen LogP contribution in [-0.4, -0.2) is 48.0 Å². The summed E-state index contributed by atoms with van der Waals surface area (Å²) in [5.74, 6) is 1.34. The molecule has 0 aliphatic carbocycles. The van der Waals surface area contributed by atoms with Crippen LogP contribution in [0.15, 0.2) is 36.7 Å². The first-order chi connectivity index (χ1) is 16.9. The van der Waals surface area contributed by atoms with Gasteiger partial charge in [0.05, 0.1) is 30.1 Å². The Morgan fingerprint density at radius 2 is 2.11 bits per heavy atom. The highest BCUT2D eigenvalue weighted by atomic mass is 16.5. The summed E-state index contributed by atoms with van der Waals surface area (Å²) in [6.07, 6.45) is 6.49. The van der Waals surface area contributed by atoms with Gasteiger partial charge in [0.25, 0.3) is 0 Å². The van der Waals surface area contributed by atoms with E-state index in [4.69, 9.17) is 19.6 Å². The Labute approximate surface area is 204 Å². The van der Waals surface area contributed by atoms with E-state index < -0.39 is 0 Å². The van der Waals surface area contributed by atoms with Gasteiger partial charge in [-0.1, -0.05) is 0 Å². The van der Waals surface area contributed by atoms with Gasteiger partial charge in [-0.2, -0.15) is 10.2 Å². The molecule has 1 fully saturated rings. The average molecular weight is 475 g/mol. The second kappa shape index (κ2) is 9.58. The average Bonchev–Trinajstić information content (AvgIpc) is 3.39. The fourth-order valence-electron chi connectivity index (χ4n) is 4.46. The molecule has 4 aromatic rings. The first-order valence-corrected chi connectivity index (χ1v) is 12.1. The van der Waals surface area contributed by atoms with Gasteiger partial charge in [-0.3, -0.25) is 9.48 Å². The molecule has 1 unspecified atom stereocenters. The zero-order valence-corrected chi connectivity index (χ0v) is 20.6. The topological polar surface area (TPSA) is 97.0 Å². The molecule has 1 saturated heterocycles. The Hall–Kier alpha value is -3.59. The summed E-state index contributed by atoms with van der Waals surface area (Å²) in [5.41, 5.74) is 4.11. The Balaban J connectivity index is 1.61. The maximum absolute atomic E-state index is 11.6. The van der Waals surface area contributed by atoms with Crippen molar-refractivity contribution < 1.29 is 14.3 Å². The summed E-state index contributed by atoms with van der Waals surface area (Å²) in [4.78, 5) is 21.0. The molecule has 0 saturated carbocycles. The number of hydrogen-bond acceptors (Lipinski definition) is 7. The van der Waals surface area contributed by atoms with Gasteiger partial charge < -0.3 is 9.47 Å². The van der Waals surface area contributed by atoms with E-state index in [0.717, 1.165) is 59.5 Å². The van der Waals surface area contributed by atoms with Gasteiger partial charge in [0.1, 0.15) is 11.4 Å². The Morgan fingerprint density at radius 1 is 1.26 bits per heavy atom. The van der Waals surface area contributed by atoms with E-state index >= 15 is 0 Å². The molecule has 9 nitrogen and oxygen atoms in total. The number of nitrogens with zero attached hydrogens (tertiary/aromatic N) is 6. The number of benzene rings is 1. The third kappa shape index (κ3) is 4.68. The van der Waals surface area contributed by atoms with E-state index in [1.54, 1.807) is 24.0 Å². The number of carbonyl (C=O) groups excluding carboxylic acids is 1. The van der Waals surface area contributed by atoms with E-state index in [0.29, 0.717) is 11.5 Å². The number of rotatable bonds is 7. The second-order valence-electron chi connectivity index (χ2n) is 9.23. The van der Waals surface area contributed by atoms with Crippen LogP contribution < -0.4 is 4.74 Å². The maximum atomic E-state index is 11.6. The van der Waals surface area contributed by atoms with E-state index in [1.165, 1.54) is 0 Å². The summed E-state index contributed by atoms with van der Waals surface area (Å²) >= 11 is 0. The van der Waals surface area contributed by atoms with Crippen molar-refractivity contribution >= 4 is 16.7 Å². The minimum atomic E-state index is -0.118. The minimum absolute atomic E-state index is 0.0486. The molecule has 5 rings (SSSR count). The lowest BCUT2D eigenvalue weighted by Crippen LogP contribution is -2.19. The first kappa shape index (κ1) is 23.2. The van der Waals surface area contributed by atoms with E-state index in [-0.39, 0.29) is 24.7 Å². The fourth-order valence-corrected chi connectivity index (χ4v) is 4.46. The van der Waals surface area contributed by atoms with Gasteiger partial charge in [-0.25, -0.2) is 14.6 Å². The van der Waals surface area contributed by atoms with Crippen LogP contribution >= 0.6 is 0 Å².